The van der Waals surface area contributed by atoms with Gasteiger partial charge in [0.1, 0.15) is 0 Å². The van der Waals surface area contributed by atoms with E-state index in [1.807, 2.05) is 71.3 Å². The van der Waals surface area contributed by atoms with Gasteiger partial charge in [-0.15, -0.1) is 24.0 Å². The van der Waals surface area contributed by atoms with Gasteiger partial charge >= 0.3 is 6.03 Å². The summed E-state index contributed by atoms with van der Waals surface area (Å²) in [7, 11) is 0. The number of rotatable bonds is 6. The summed E-state index contributed by atoms with van der Waals surface area (Å²) in [6.45, 7) is 5.44. The molecular formula is C25H33IN6O2. The molecular weight excluding hydrogens is 543 g/mol. The molecule has 4 rings (SSSR count). The van der Waals surface area contributed by atoms with Gasteiger partial charge in [0.25, 0.3) is 0 Å². The van der Waals surface area contributed by atoms with Gasteiger partial charge in [0.15, 0.2) is 5.96 Å². The van der Waals surface area contributed by atoms with Crippen LogP contribution in [0, 0.1) is 0 Å². The normalized spacial score (nSPS) is 18.0. The lowest BCUT2D eigenvalue weighted by Gasteiger charge is -2.19. The molecule has 2 aliphatic rings. The quantitative estimate of drug-likeness (QED) is 0.278. The van der Waals surface area contributed by atoms with E-state index in [4.69, 9.17) is 4.99 Å². The monoisotopic (exact) mass is 576 g/mol. The average molecular weight is 576 g/mol. The number of aliphatic imine (C=N–C) groups is 1. The van der Waals surface area contributed by atoms with Crippen LogP contribution in [0.3, 0.4) is 0 Å². The number of halogens is 1. The zero-order chi connectivity index (χ0) is 23.0. The van der Waals surface area contributed by atoms with Gasteiger partial charge in [0.2, 0.25) is 5.91 Å². The van der Waals surface area contributed by atoms with Crippen LogP contribution in [0.15, 0.2) is 59.6 Å². The highest BCUT2D eigenvalue weighted by molar-refractivity contribution is 14.0. The number of hydrogen-bond acceptors (Lipinski definition) is 3. The number of urea groups is 1. The molecule has 2 saturated heterocycles. The van der Waals surface area contributed by atoms with Gasteiger partial charge < -0.3 is 25.8 Å². The summed E-state index contributed by atoms with van der Waals surface area (Å²) in [5.74, 6) is 0.785. The van der Waals surface area contributed by atoms with Crippen LogP contribution in [-0.4, -0.2) is 55.0 Å². The second-order valence-electron chi connectivity index (χ2n) is 8.41. The van der Waals surface area contributed by atoms with Gasteiger partial charge in [-0.25, -0.2) is 9.79 Å². The Hall–Kier alpha value is -2.82. The van der Waals surface area contributed by atoms with Crippen molar-refractivity contribution in [3.8, 4) is 0 Å². The summed E-state index contributed by atoms with van der Waals surface area (Å²) in [5.41, 5.74) is 2.69. The summed E-state index contributed by atoms with van der Waals surface area (Å²) in [5, 5.41) is 9.65. The Balaban J connectivity index is 0.00000324. The lowest BCUT2D eigenvalue weighted by atomic mass is 10.2. The number of likely N-dealkylation sites (tertiary alicyclic amines) is 1. The first kappa shape index (κ1) is 25.8. The van der Waals surface area contributed by atoms with Gasteiger partial charge in [-0.3, -0.25) is 4.79 Å². The topological polar surface area (TPSA) is 89.1 Å². The SMILES string of the molecule is CCNC(=NCc1cccc(NC(=O)N2CCCC2)c1)NC1CC(=O)N(c2ccccc2)C1.I. The molecule has 9 heteroatoms. The van der Waals surface area contributed by atoms with E-state index in [0.29, 0.717) is 25.5 Å². The number of nitrogens with zero attached hydrogens (tertiary/aromatic N) is 3. The van der Waals surface area contributed by atoms with Crippen LogP contribution in [0.25, 0.3) is 0 Å². The standard InChI is InChI=1S/C25H32N6O2.HI/c1-2-26-24(28-21-16-23(32)31(18-21)22-11-4-3-5-12-22)27-17-19-9-8-10-20(15-19)29-25(33)30-13-6-7-14-30;/h3-5,8-12,15,21H,2,6-7,13-14,16-18H2,1H3,(H,29,33)(H2,26,27,28);1H. The van der Waals surface area contributed by atoms with Crippen LogP contribution in [0.4, 0.5) is 16.2 Å². The third kappa shape index (κ3) is 6.85. The number of anilines is 2. The van der Waals surface area contributed by atoms with Crippen molar-refractivity contribution in [3.05, 3.63) is 60.2 Å². The Morgan fingerprint density at radius 2 is 1.85 bits per heavy atom. The minimum atomic E-state index is -0.0444. The fourth-order valence-corrected chi connectivity index (χ4v) is 4.22. The molecule has 2 aliphatic heterocycles. The van der Waals surface area contributed by atoms with E-state index in [2.05, 4.69) is 16.0 Å². The third-order valence-corrected chi connectivity index (χ3v) is 5.87. The first-order valence-electron chi connectivity index (χ1n) is 11.7. The molecule has 0 bridgehead atoms. The molecule has 0 spiro atoms. The number of para-hydroxylation sites is 1. The molecule has 0 saturated carbocycles. The molecule has 3 amide bonds. The van der Waals surface area contributed by atoms with Crippen LogP contribution in [0.2, 0.25) is 0 Å². The second-order valence-corrected chi connectivity index (χ2v) is 8.41. The first-order chi connectivity index (χ1) is 16.1. The van der Waals surface area contributed by atoms with Crippen LogP contribution in [0.1, 0.15) is 31.7 Å². The molecule has 1 unspecified atom stereocenters. The zero-order valence-electron chi connectivity index (χ0n) is 19.5. The number of hydrogen-bond donors (Lipinski definition) is 3. The predicted molar refractivity (Wildman–Crippen MR) is 147 cm³/mol. The molecule has 182 valence electrons. The lowest BCUT2D eigenvalue weighted by Crippen LogP contribution is -2.44. The Kier molecular flexibility index (Phi) is 9.55. The largest absolute Gasteiger partial charge is 0.357 e. The van der Waals surface area contributed by atoms with Gasteiger partial charge in [0.05, 0.1) is 12.6 Å². The Morgan fingerprint density at radius 3 is 2.59 bits per heavy atom. The van der Waals surface area contributed by atoms with E-state index in [1.54, 1.807) is 0 Å². The van der Waals surface area contributed by atoms with Crippen molar-refractivity contribution >= 4 is 53.2 Å². The van der Waals surface area contributed by atoms with Crippen molar-refractivity contribution in [1.82, 2.24) is 15.5 Å². The second kappa shape index (κ2) is 12.6. The Labute approximate surface area is 218 Å². The molecule has 0 aliphatic carbocycles. The van der Waals surface area contributed by atoms with E-state index in [-0.39, 0.29) is 42.0 Å². The number of nitrogens with one attached hydrogen (secondary N) is 3. The third-order valence-electron chi connectivity index (χ3n) is 5.87. The molecule has 2 aromatic rings. The Bertz CT molecular complexity index is 994. The number of carbonyl (C=O) groups excluding carboxylic acids is 2. The highest BCUT2D eigenvalue weighted by atomic mass is 127. The van der Waals surface area contributed by atoms with Gasteiger partial charge in [-0.1, -0.05) is 30.3 Å². The molecule has 8 nitrogen and oxygen atoms in total. The predicted octanol–water partition coefficient (Wildman–Crippen LogP) is 3.79. The molecule has 2 heterocycles. The van der Waals surface area contributed by atoms with E-state index in [0.717, 1.165) is 49.4 Å². The molecule has 2 fully saturated rings. The molecule has 0 aromatic heterocycles. The van der Waals surface area contributed by atoms with Gasteiger partial charge in [0, 0.05) is 44.0 Å². The van der Waals surface area contributed by atoms with Crippen LogP contribution < -0.4 is 20.9 Å². The number of benzene rings is 2. The highest BCUT2D eigenvalue weighted by Gasteiger charge is 2.31. The maximum atomic E-state index is 12.5. The number of guanidine groups is 1. The maximum Gasteiger partial charge on any atom is 0.321 e. The average Bonchev–Trinajstić information content (AvgIpc) is 3.49. The van der Waals surface area contributed by atoms with E-state index < -0.39 is 0 Å². The van der Waals surface area contributed by atoms with E-state index >= 15 is 0 Å². The maximum absolute atomic E-state index is 12.5. The minimum absolute atomic E-state index is 0. The van der Waals surface area contributed by atoms with Crippen molar-refractivity contribution in [3.63, 3.8) is 0 Å². The number of amides is 3. The van der Waals surface area contributed by atoms with Crippen LogP contribution in [0.5, 0.6) is 0 Å². The highest BCUT2D eigenvalue weighted by Crippen LogP contribution is 2.21. The number of carbonyl (C=O) groups is 2. The summed E-state index contributed by atoms with van der Waals surface area (Å²) < 4.78 is 0. The van der Waals surface area contributed by atoms with E-state index in [1.165, 1.54) is 0 Å². The van der Waals surface area contributed by atoms with E-state index in [9.17, 15) is 9.59 Å². The molecule has 34 heavy (non-hydrogen) atoms. The summed E-state index contributed by atoms with van der Waals surface area (Å²) in [6, 6.07) is 17.5. The fourth-order valence-electron chi connectivity index (χ4n) is 4.22. The van der Waals surface area contributed by atoms with Crippen LogP contribution >= 0.6 is 24.0 Å². The van der Waals surface area contributed by atoms with Gasteiger partial charge in [-0.05, 0) is 49.6 Å². The fraction of sp³-hybridized carbons (Fsp3) is 0.400. The molecule has 2 aromatic carbocycles. The first-order valence-corrected chi connectivity index (χ1v) is 11.7. The van der Waals surface area contributed by atoms with Crippen LogP contribution in [-0.2, 0) is 11.3 Å². The van der Waals surface area contributed by atoms with Crippen molar-refractivity contribution in [1.29, 1.82) is 0 Å². The van der Waals surface area contributed by atoms with Crippen molar-refractivity contribution in [2.45, 2.75) is 38.8 Å². The zero-order valence-corrected chi connectivity index (χ0v) is 21.8. The Morgan fingerprint density at radius 1 is 1.09 bits per heavy atom. The van der Waals surface area contributed by atoms with Crippen molar-refractivity contribution in [2.24, 2.45) is 4.99 Å². The summed E-state index contributed by atoms with van der Waals surface area (Å²) in [6.07, 6.45) is 2.56. The molecule has 3 N–H and O–H groups in total. The summed E-state index contributed by atoms with van der Waals surface area (Å²) >= 11 is 0. The van der Waals surface area contributed by atoms with Crippen molar-refractivity contribution in [2.75, 3.05) is 36.4 Å². The molecule has 0 radical (unpaired) electrons. The van der Waals surface area contributed by atoms with Crippen molar-refractivity contribution < 1.29 is 9.59 Å². The van der Waals surface area contributed by atoms with Gasteiger partial charge in [-0.2, -0.15) is 0 Å². The molecule has 1 atom stereocenters. The minimum Gasteiger partial charge on any atom is -0.357 e. The smallest absolute Gasteiger partial charge is 0.321 e. The lowest BCUT2D eigenvalue weighted by molar-refractivity contribution is -0.117. The summed E-state index contributed by atoms with van der Waals surface area (Å²) in [4.78, 5) is 33.2.